The average Bonchev–Trinajstić information content (AvgIpc) is 3.14. The van der Waals surface area contributed by atoms with Crippen LogP contribution < -0.4 is 10.2 Å². The second-order valence-corrected chi connectivity index (χ2v) is 7.43. The van der Waals surface area contributed by atoms with E-state index in [1.807, 2.05) is 11.8 Å². The smallest absolute Gasteiger partial charge is 0.341 e. The van der Waals surface area contributed by atoms with Gasteiger partial charge in [-0.25, -0.2) is 4.79 Å². The topological polar surface area (TPSA) is 88.8 Å². The Balaban J connectivity index is 1.84. The molecule has 4 rings (SSSR count). The first kappa shape index (κ1) is 16.2. The van der Waals surface area contributed by atoms with Crippen LogP contribution in [-0.4, -0.2) is 45.1 Å². The molecule has 1 saturated carbocycles. The molecule has 134 valence electrons. The molecule has 3 aliphatic rings. The number of carboxylic acids is 1. The SMILES string of the molecule is CCCCOc1c2n(cc(C(=O)O)c1=O)C[C@@]13CC[C@@H](CN1C2=O)C3. The third kappa shape index (κ3) is 2.28. The highest BCUT2D eigenvalue weighted by Gasteiger charge is 2.56. The molecule has 1 saturated heterocycles. The summed E-state index contributed by atoms with van der Waals surface area (Å²) < 4.78 is 7.27. The van der Waals surface area contributed by atoms with Gasteiger partial charge in [-0.2, -0.15) is 0 Å². The van der Waals surface area contributed by atoms with Gasteiger partial charge in [0.1, 0.15) is 5.56 Å². The molecule has 0 aromatic carbocycles. The number of carboxylic acid groups (broad SMARTS) is 1. The number of carbonyl (C=O) groups excluding carboxylic acids is 1. The molecule has 7 nitrogen and oxygen atoms in total. The van der Waals surface area contributed by atoms with Crippen molar-refractivity contribution in [1.29, 1.82) is 0 Å². The Hall–Kier alpha value is -2.31. The molecule has 0 radical (unpaired) electrons. The molecule has 3 heterocycles. The van der Waals surface area contributed by atoms with Crippen molar-refractivity contribution in [2.24, 2.45) is 5.92 Å². The molecule has 1 aliphatic carbocycles. The molecule has 1 aromatic heterocycles. The van der Waals surface area contributed by atoms with Crippen molar-refractivity contribution in [2.45, 2.75) is 51.1 Å². The Labute approximate surface area is 145 Å². The zero-order valence-electron chi connectivity index (χ0n) is 14.3. The molecule has 25 heavy (non-hydrogen) atoms. The number of fused-ring (bicyclic) bond motifs is 2. The van der Waals surface area contributed by atoms with E-state index in [0.29, 0.717) is 19.1 Å². The van der Waals surface area contributed by atoms with Gasteiger partial charge in [0.2, 0.25) is 5.43 Å². The molecule has 1 amide bonds. The molecular weight excluding hydrogens is 324 g/mol. The van der Waals surface area contributed by atoms with Crippen molar-refractivity contribution in [3.8, 4) is 5.75 Å². The maximum atomic E-state index is 13.1. The van der Waals surface area contributed by atoms with E-state index in [4.69, 9.17) is 4.74 Å². The number of ether oxygens (including phenoxy) is 1. The van der Waals surface area contributed by atoms with E-state index < -0.39 is 11.4 Å². The van der Waals surface area contributed by atoms with Crippen molar-refractivity contribution in [3.05, 3.63) is 27.7 Å². The molecule has 7 heteroatoms. The highest BCUT2D eigenvalue weighted by molar-refractivity contribution is 5.98. The fraction of sp³-hybridized carbons (Fsp3) is 0.611. The van der Waals surface area contributed by atoms with Crippen LogP contribution in [0.25, 0.3) is 0 Å². The minimum absolute atomic E-state index is 0.101. The monoisotopic (exact) mass is 346 g/mol. The summed E-state index contributed by atoms with van der Waals surface area (Å²) in [5, 5.41) is 9.38. The second kappa shape index (κ2) is 5.61. The molecule has 1 aromatic rings. The first-order chi connectivity index (χ1) is 12.0. The molecule has 2 aliphatic heterocycles. The predicted molar refractivity (Wildman–Crippen MR) is 89.2 cm³/mol. The summed E-state index contributed by atoms with van der Waals surface area (Å²) in [7, 11) is 0. The fourth-order valence-electron chi connectivity index (χ4n) is 4.63. The number of amides is 1. The van der Waals surface area contributed by atoms with Gasteiger partial charge in [-0.3, -0.25) is 9.59 Å². The number of hydrogen-bond donors (Lipinski definition) is 1. The van der Waals surface area contributed by atoms with Crippen LogP contribution >= 0.6 is 0 Å². The number of nitrogens with zero attached hydrogens (tertiary/aromatic N) is 2. The lowest BCUT2D eigenvalue weighted by molar-refractivity contribution is 0.0393. The number of aromatic nitrogens is 1. The Morgan fingerprint density at radius 1 is 1.44 bits per heavy atom. The Morgan fingerprint density at radius 3 is 2.92 bits per heavy atom. The van der Waals surface area contributed by atoms with Crippen LogP contribution in [0.4, 0.5) is 0 Å². The summed E-state index contributed by atoms with van der Waals surface area (Å²) >= 11 is 0. The van der Waals surface area contributed by atoms with Crippen molar-refractivity contribution in [3.63, 3.8) is 0 Å². The Kier molecular flexibility index (Phi) is 3.63. The first-order valence-corrected chi connectivity index (χ1v) is 8.92. The zero-order chi connectivity index (χ0) is 17.8. The minimum atomic E-state index is -1.29. The number of unbranched alkanes of at least 4 members (excludes halogenated alkanes) is 1. The Morgan fingerprint density at radius 2 is 2.24 bits per heavy atom. The van der Waals surface area contributed by atoms with Gasteiger partial charge in [-0.15, -0.1) is 0 Å². The van der Waals surface area contributed by atoms with Gasteiger partial charge in [0.25, 0.3) is 5.91 Å². The van der Waals surface area contributed by atoms with E-state index in [1.54, 1.807) is 4.57 Å². The van der Waals surface area contributed by atoms with E-state index in [2.05, 4.69) is 0 Å². The van der Waals surface area contributed by atoms with Crippen LogP contribution in [-0.2, 0) is 6.54 Å². The molecule has 1 spiro atoms. The van der Waals surface area contributed by atoms with E-state index in [9.17, 15) is 19.5 Å². The standard InChI is InChI=1S/C18H22N2O5/c1-2-3-6-25-15-13-16(22)20-8-11-4-5-18(20,7-11)10-19(13)9-12(14(15)21)17(23)24/h9,11H,2-8,10H2,1H3,(H,23,24)/t11-,18+/m1/s1. The fourth-order valence-corrected chi connectivity index (χ4v) is 4.63. The van der Waals surface area contributed by atoms with Gasteiger partial charge in [0.15, 0.2) is 11.4 Å². The third-order valence-corrected chi connectivity index (χ3v) is 5.83. The van der Waals surface area contributed by atoms with Crippen molar-refractivity contribution in [2.75, 3.05) is 13.2 Å². The third-order valence-electron chi connectivity index (χ3n) is 5.83. The van der Waals surface area contributed by atoms with Crippen LogP contribution in [0.1, 0.15) is 59.9 Å². The number of carbonyl (C=O) groups is 2. The lowest BCUT2D eigenvalue weighted by Crippen LogP contribution is -2.55. The van der Waals surface area contributed by atoms with Crippen LogP contribution in [0.3, 0.4) is 0 Å². The van der Waals surface area contributed by atoms with Crippen LogP contribution in [0.2, 0.25) is 0 Å². The highest BCUT2D eigenvalue weighted by atomic mass is 16.5. The zero-order valence-corrected chi connectivity index (χ0v) is 14.3. The van der Waals surface area contributed by atoms with E-state index >= 15 is 0 Å². The van der Waals surface area contributed by atoms with Gasteiger partial charge < -0.3 is 19.3 Å². The van der Waals surface area contributed by atoms with Gasteiger partial charge in [0, 0.05) is 19.3 Å². The van der Waals surface area contributed by atoms with Gasteiger partial charge in [-0.1, -0.05) is 13.3 Å². The van der Waals surface area contributed by atoms with Gasteiger partial charge >= 0.3 is 5.97 Å². The molecule has 2 fully saturated rings. The van der Waals surface area contributed by atoms with Gasteiger partial charge in [0.05, 0.1) is 12.1 Å². The molecule has 0 unspecified atom stereocenters. The molecule has 2 bridgehead atoms. The normalized spacial score (nSPS) is 26.5. The van der Waals surface area contributed by atoms with Crippen LogP contribution in [0.15, 0.2) is 11.0 Å². The van der Waals surface area contributed by atoms with Crippen LogP contribution in [0, 0.1) is 5.92 Å². The number of rotatable bonds is 5. The van der Waals surface area contributed by atoms with Gasteiger partial charge in [-0.05, 0) is 31.6 Å². The average molecular weight is 346 g/mol. The first-order valence-electron chi connectivity index (χ1n) is 8.92. The summed E-state index contributed by atoms with van der Waals surface area (Å²) in [4.78, 5) is 39.1. The predicted octanol–water partition coefficient (Wildman–Crippen LogP) is 1.73. The summed E-state index contributed by atoms with van der Waals surface area (Å²) in [6.45, 7) is 3.55. The number of aromatic carboxylic acids is 1. The lowest BCUT2D eigenvalue weighted by atomic mass is 9.93. The van der Waals surface area contributed by atoms with Crippen molar-refractivity contribution < 1.29 is 19.4 Å². The molecular formula is C18H22N2O5. The van der Waals surface area contributed by atoms with E-state index in [0.717, 1.165) is 38.6 Å². The summed E-state index contributed by atoms with van der Waals surface area (Å²) in [5.74, 6) is -1.08. The van der Waals surface area contributed by atoms with E-state index in [1.165, 1.54) is 6.20 Å². The summed E-state index contributed by atoms with van der Waals surface area (Å²) in [6.07, 6.45) is 5.93. The quantitative estimate of drug-likeness (QED) is 0.820. The number of piperidine rings is 1. The van der Waals surface area contributed by atoms with Crippen LogP contribution in [0.5, 0.6) is 5.75 Å². The van der Waals surface area contributed by atoms with Crippen molar-refractivity contribution in [1.82, 2.24) is 9.47 Å². The minimum Gasteiger partial charge on any atom is -0.487 e. The number of hydrogen-bond acceptors (Lipinski definition) is 4. The second-order valence-electron chi connectivity index (χ2n) is 7.43. The van der Waals surface area contributed by atoms with E-state index in [-0.39, 0.29) is 28.5 Å². The highest BCUT2D eigenvalue weighted by Crippen LogP contribution is 2.50. The summed E-state index contributed by atoms with van der Waals surface area (Å²) in [6, 6.07) is 0. The molecule has 1 N–H and O–H groups in total. The summed E-state index contributed by atoms with van der Waals surface area (Å²) in [5.41, 5.74) is -1.05. The number of pyridine rings is 1. The largest absolute Gasteiger partial charge is 0.487 e. The lowest BCUT2D eigenvalue weighted by Gasteiger charge is -2.44. The maximum Gasteiger partial charge on any atom is 0.341 e. The molecule has 2 atom stereocenters. The Bertz CT molecular complexity index is 814. The maximum absolute atomic E-state index is 13.1. The van der Waals surface area contributed by atoms with Crippen molar-refractivity contribution >= 4 is 11.9 Å².